The quantitative estimate of drug-likeness (QED) is 0.168. The summed E-state index contributed by atoms with van der Waals surface area (Å²) >= 11 is 1.80. The van der Waals surface area contributed by atoms with E-state index in [1.54, 1.807) is 11.3 Å². The van der Waals surface area contributed by atoms with E-state index in [0.717, 1.165) is 61.6 Å². The first-order valence-electron chi connectivity index (χ1n) is 21.2. The molecule has 5 nitrogen and oxygen atoms in total. The average molecular weight is 822 g/mol. The molecule has 0 unspecified atom stereocenters. The number of fused-ring (bicyclic) bond motifs is 9. The molecule has 5 aromatic heterocycles. The van der Waals surface area contributed by atoms with Gasteiger partial charge in [0.15, 0.2) is 5.82 Å². The van der Waals surface area contributed by atoms with Gasteiger partial charge in [0.05, 0.1) is 43.7 Å². The maximum absolute atomic E-state index is 5.17. The van der Waals surface area contributed by atoms with Gasteiger partial charge in [-0.15, -0.1) is 11.3 Å². The molecule has 0 fully saturated rings. The lowest BCUT2D eigenvalue weighted by molar-refractivity contribution is 1.16. The molecule has 0 aliphatic rings. The van der Waals surface area contributed by atoms with E-state index >= 15 is 0 Å². The summed E-state index contributed by atoms with van der Waals surface area (Å²) in [4.78, 5) is 15.1. The van der Waals surface area contributed by atoms with Crippen LogP contribution in [0.4, 0.5) is 0 Å². The maximum atomic E-state index is 5.17. The van der Waals surface area contributed by atoms with Crippen LogP contribution in [0.5, 0.6) is 0 Å². The molecule has 13 rings (SSSR count). The normalized spacial score (nSPS) is 11.8. The lowest BCUT2D eigenvalue weighted by Gasteiger charge is -2.12. The number of hydrogen-bond donors (Lipinski definition) is 0. The van der Waals surface area contributed by atoms with Crippen molar-refractivity contribution in [1.29, 1.82) is 0 Å². The predicted octanol–water partition coefficient (Wildman–Crippen LogP) is 15.1. The van der Waals surface area contributed by atoms with Crippen molar-refractivity contribution in [2.75, 3.05) is 0 Å². The summed E-state index contributed by atoms with van der Waals surface area (Å²) in [5.41, 5.74) is 15.1. The number of hydrogen-bond acceptors (Lipinski definition) is 4. The minimum atomic E-state index is 0.686. The Morgan fingerprint density at radius 3 is 1.70 bits per heavy atom. The summed E-state index contributed by atoms with van der Waals surface area (Å²) in [6, 6.07) is 73.7. The lowest BCUT2D eigenvalue weighted by atomic mass is 10.0. The fourth-order valence-corrected chi connectivity index (χ4v) is 10.5. The molecule has 0 aliphatic carbocycles. The molecule has 0 saturated carbocycles. The van der Waals surface area contributed by atoms with E-state index < -0.39 is 0 Å². The van der Waals surface area contributed by atoms with Crippen LogP contribution in [-0.4, -0.2) is 24.1 Å². The van der Waals surface area contributed by atoms with E-state index in [2.05, 4.69) is 197 Å². The molecule has 294 valence electrons. The third kappa shape index (κ3) is 5.80. The predicted molar refractivity (Wildman–Crippen MR) is 263 cm³/mol. The minimum absolute atomic E-state index is 0.686. The van der Waals surface area contributed by atoms with E-state index in [9.17, 15) is 0 Å². The van der Waals surface area contributed by atoms with E-state index in [4.69, 9.17) is 15.0 Å². The van der Waals surface area contributed by atoms with Crippen molar-refractivity contribution in [3.63, 3.8) is 0 Å². The van der Waals surface area contributed by atoms with Gasteiger partial charge in [-0.05, 0) is 90.0 Å². The average Bonchev–Trinajstić information content (AvgIpc) is 4.01. The number of aromatic nitrogens is 5. The van der Waals surface area contributed by atoms with Crippen LogP contribution in [0.2, 0.25) is 0 Å². The molecule has 8 aromatic carbocycles. The van der Waals surface area contributed by atoms with Crippen LogP contribution in [-0.2, 0) is 0 Å². The zero-order valence-corrected chi connectivity index (χ0v) is 34.7. The van der Waals surface area contributed by atoms with Gasteiger partial charge in [0.2, 0.25) is 0 Å². The number of pyridine rings is 1. The van der Waals surface area contributed by atoms with E-state index in [-0.39, 0.29) is 0 Å². The summed E-state index contributed by atoms with van der Waals surface area (Å²) in [6.45, 7) is 0. The van der Waals surface area contributed by atoms with Crippen molar-refractivity contribution in [3.8, 4) is 56.4 Å². The van der Waals surface area contributed by atoms with Gasteiger partial charge in [-0.25, -0.2) is 9.97 Å². The summed E-state index contributed by atoms with van der Waals surface area (Å²) < 4.78 is 7.25. The van der Waals surface area contributed by atoms with Crippen molar-refractivity contribution in [2.24, 2.45) is 0 Å². The first kappa shape index (κ1) is 35.6. The zero-order valence-electron chi connectivity index (χ0n) is 33.9. The second kappa shape index (κ2) is 14.2. The van der Waals surface area contributed by atoms with Gasteiger partial charge in [0.1, 0.15) is 0 Å². The molecule has 0 radical (unpaired) electrons. The molecule has 13 aromatic rings. The second-order valence-electron chi connectivity index (χ2n) is 16.0. The van der Waals surface area contributed by atoms with Crippen LogP contribution in [0.1, 0.15) is 0 Å². The fraction of sp³-hybridized carbons (Fsp3) is 0. The van der Waals surface area contributed by atoms with Gasteiger partial charge in [0.25, 0.3) is 0 Å². The van der Waals surface area contributed by atoms with Crippen molar-refractivity contribution in [2.45, 2.75) is 0 Å². The highest BCUT2D eigenvalue weighted by molar-refractivity contribution is 7.25. The van der Waals surface area contributed by atoms with Gasteiger partial charge in [-0.1, -0.05) is 127 Å². The molecule has 0 N–H and O–H groups in total. The third-order valence-electron chi connectivity index (χ3n) is 12.4. The van der Waals surface area contributed by atoms with Crippen LogP contribution in [0, 0.1) is 0 Å². The van der Waals surface area contributed by atoms with E-state index in [0.29, 0.717) is 5.82 Å². The molecule has 63 heavy (non-hydrogen) atoms. The first-order chi connectivity index (χ1) is 31.2. The Hall–Kier alpha value is -8.19. The van der Waals surface area contributed by atoms with Crippen LogP contribution < -0.4 is 0 Å². The number of benzene rings is 8. The van der Waals surface area contributed by atoms with E-state index in [1.807, 2.05) is 24.4 Å². The molecule has 0 spiro atoms. The molecule has 0 saturated heterocycles. The largest absolute Gasteiger partial charge is 0.309 e. The van der Waals surface area contributed by atoms with Crippen LogP contribution in [0.25, 0.3) is 120 Å². The Morgan fingerprint density at radius 1 is 0.333 bits per heavy atom. The molecule has 0 aliphatic heterocycles. The van der Waals surface area contributed by atoms with Crippen LogP contribution >= 0.6 is 11.3 Å². The van der Waals surface area contributed by atoms with Crippen molar-refractivity contribution < 1.29 is 0 Å². The fourth-order valence-electron chi connectivity index (χ4n) is 9.46. The highest BCUT2D eigenvalue weighted by Crippen LogP contribution is 2.40. The lowest BCUT2D eigenvalue weighted by Crippen LogP contribution is -1.98. The van der Waals surface area contributed by atoms with Crippen molar-refractivity contribution in [3.05, 3.63) is 212 Å². The van der Waals surface area contributed by atoms with Gasteiger partial charge < -0.3 is 9.13 Å². The smallest absolute Gasteiger partial charge is 0.160 e. The van der Waals surface area contributed by atoms with Crippen LogP contribution in [0.15, 0.2) is 212 Å². The van der Waals surface area contributed by atoms with Gasteiger partial charge in [-0.2, -0.15) is 0 Å². The molecule has 5 heterocycles. The van der Waals surface area contributed by atoms with Crippen LogP contribution in [0.3, 0.4) is 0 Å². The standard InChI is InChI=1S/C57H35N5S/c1-3-13-36(14-4-1)48-35-49(37-15-5-2-6-16-37)60-57(59-48)40-17-11-18-41(31-40)62-50-21-9-7-19-43(50)45-27-24-39(33-53(45)62)38-25-28-52-46(32-38)44-20-8-10-22-51(44)61(52)42-26-29-54-47(34-42)56-55(63-54)23-12-30-58-56/h1-35H. The molecule has 0 bridgehead atoms. The van der Waals surface area contributed by atoms with E-state index in [1.165, 1.54) is 52.9 Å². The molecular weight excluding hydrogens is 787 g/mol. The maximum Gasteiger partial charge on any atom is 0.160 e. The molecule has 0 atom stereocenters. The van der Waals surface area contributed by atoms with Gasteiger partial charge >= 0.3 is 0 Å². The number of para-hydroxylation sites is 2. The molecule has 0 amide bonds. The topological polar surface area (TPSA) is 48.5 Å². The number of thiophene rings is 1. The Labute approximate surface area is 366 Å². The minimum Gasteiger partial charge on any atom is -0.309 e. The number of rotatable bonds is 6. The summed E-state index contributed by atoms with van der Waals surface area (Å²) in [5, 5.41) is 6.05. The summed E-state index contributed by atoms with van der Waals surface area (Å²) in [6.07, 6.45) is 1.89. The highest BCUT2D eigenvalue weighted by Gasteiger charge is 2.18. The Balaban J connectivity index is 0.956. The SMILES string of the molecule is c1ccc(-c2cc(-c3ccccc3)nc(-c3cccc(-n4c5ccccc5c5ccc(-c6ccc7c(c6)c6ccccc6n7-c6ccc7sc8cccnc8c7c6)cc54)c3)n2)cc1. The monoisotopic (exact) mass is 821 g/mol. The Kier molecular flexibility index (Phi) is 8.01. The van der Waals surface area contributed by atoms with Crippen molar-refractivity contribution in [1.82, 2.24) is 24.1 Å². The van der Waals surface area contributed by atoms with Gasteiger partial charge in [0, 0.05) is 65.9 Å². The Bertz CT molecular complexity index is 3860. The summed E-state index contributed by atoms with van der Waals surface area (Å²) in [5.74, 6) is 0.686. The Morgan fingerprint density at radius 2 is 0.937 bits per heavy atom. The third-order valence-corrected chi connectivity index (χ3v) is 13.5. The first-order valence-corrected chi connectivity index (χ1v) is 22.0. The summed E-state index contributed by atoms with van der Waals surface area (Å²) in [7, 11) is 0. The second-order valence-corrected chi connectivity index (χ2v) is 17.1. The highest BCUT2D eigenvalue weighted by atomic mass is 32.1. The number of nitrogens with zero attached hydrogens (tertiary/aromatic N) is 5. The zero-order chi connectivity index (χ0) is 41.4. The molecule has 6 heteroatoms. The molecular formula is C57H35N5S. The van der Waals surface area contributed by atoms with Crippen molar-refractivity contribution >= 4 is 75.3 Å². The van der Waals surface area contributed by atoms with Gasteiger partial charge in [-0.3, -0.25) is 4.98 Å².